The van der Waals surface area contributed by atoms with Crippen molar-refractivity contribution in [2.75, 3.05) is 11.9 Å². The van der Waals surface area contributed by atoms with Crippen molar-refractivity contribution in [1.82, 2.24) is 14.4 Å². The van der Waals surface area contributed by atoms with Crippen LogP contribution in [0.15, 0.2) is 73.2 Å². The van der Waals surface area contributed by atoms with Crippen LogP contribution >= 0.6 is 0 Å². The van der Waals surface area contributed by atoms with Gasteiger partial charge < -0.3 is 10.1 Å². The predicted octanol–water partition coefficient (Wildman–Crippen LogP) is 4.32. The van der Waals surface area contributed by atoms with Crippen LogP contribution in [0.5, 0.6) is 0 Å². The number of carbonyl (C=O) groups is 1. The third-order valence-corrected chi connectivity index (χ3v) is 4.11. The molecule has 4 rings (SSSR count). The molecule has 0 atom stereocenters. The standard InChI is InChI=1S/C21H18N4O2/c1-2-27-21(26)16-9-6-10-17(13-16)23-20-19(15-7-4-3-5-8-15)24-18-14-22-11-12-25(18)20/h3-14,23H,2H2,1H3. The minimum absolute atomic E-state index is 0.341. The molecule has 0 aliphatic heterocycles. The highest BCUT2D eigenvalue weighted by atomic mass is 16.5. The number of benzene rings is 2. The van der Waals surface area contributed by atoms with E-state index in [-0.39, 0.29) is 5.97 Å². The number of esters is 1. The molecule has 1 N–H and O–H groups in total. The van der Waals surface area contributed by atoms with Gasteiger partial charge in [0.05, 0.1) is 18.4 Å². The lowest BCUT2D eigenvalue weighted by atomic mass is 10.1. The third kappa shape index (κ3) is 3.37. The van der Waals surface area contributed by atoms with Gasteiger partial charge in [0.1, 0.15) is 11.5 Å². The number of rotatable bonds is 5. The predicted molar refractivity (Wildman–Crippen MR) is 104 cm³/mol. The summed E-state index contributed by atoms with van der Waals surface area (Å²) in [5.74, 6) is 0.464. The van der Waals surface area contributed by atoms with E-state index in [1.54, 1.807) is 31.5 Å². The number of fused-ring (bicyclic) bond motifs is 1. The highest BCUT2D eigenvalue weighted by Gasteiger charge is 2.15. The number of hydrogen-bond acceptors (Lipinski definition) is 5. The Morgan fingerprint density at radius 1 is 1.15 bits per heavy atom. The highest BCUT2D eigenvalue weighted by molar-refractivity contribution is 5.91. The molecule has 0 spiro atoms. The van der Waals surface area contributed by atoms with Crippen LogP contribution < -0.4 is 5.32 Å². The fourth-order valence-electron chi connectivity index (χ4n) is 2.90. The Balaban J connectivity index is 1.78. The molecule has 0 fully saturated rings. The Bertz CT molecular complexity index is 1090. The molecule has 2 heterocycles. The summed E-state index contributed by atoms with van der Waals surface area (Å²) in [5.41, 5.74) is 3.81. The van der Waals surface area contributed by atoms with Gasteiger partial charge in [-0.25, -0.2) is 9.78 Å². The first-order valence-corrected chi connectivity index (χ1v) is 8.68. The molecule has 6 nitrogen and oxygen atoms in total. The molecule has 6 heteroatoms. The number of aromatic nitrogens is 3. The zero-order valence-electron chi connectivity index (χ0n) is 14.8. The van der Waals surface area contributed by atoms with E-state index in [1.807, 2.05) is 53.1 Å². The summed E-state index contributed by atoms with van der Waals surface area (Å²) in [6.45, 7) is 2.13. The number of imidazole rings is 1. The van der Waals surface area contributed by atoms with Crippen LogP contribution in [0.2, 0.25) is 0 Å². The van der Waals surface area contributed by atoms with E-state index in [0.29, 0.717) is 12.2 Å². The largest absolute Gasteiger partial charge is 0.462 e. The maximum absolute atomic E-state index is 12.0. The summed E-state index contributed by atoms with van der Waals surface area (Å²) in [7, 11) is 0. The number of carbonyl (C=O) groups excluding carboxylic acids is 1. The van der Waals surface area contributed by atoms with Crippen LogP contribution in [0.3, 0.4) is 0 Å². The minimum atomic E-state index is -0.341. The smallest absolute Gasteiger partial charge is 0.338 e. The summed E-state index contributed by atoms with van der Waals surface area (Å²) >= 11 is 0. The van der Waals surface area contributed by atoms with Gasteiger partial charge in [0.25, 0.3) is 0 Å². The normalized spacial score (nSPS) is 10.7. The Labute approximate surface area is 156 Å². The van der Waals surface area contributed by atoms with E-state index in [2.05, 4.69) is 10.3 Å². The van der Waals surface area contributed by atoms with Gasteiger partial charge in [0.2, 0.25) is 0 Å². The third-order valence-electron chi connectivity index (χ3n) is 4.11. The molecule has 27 heavy (non-hydrogen) atoms. The minimum Gasteiger partial charge on any atom is -0.462 e. The van der Waals surface area contributed by atoms with Crippen molar-refractivity contribution < 1.29 is 9.53 Å². The van der Waals surface area contributed by atoms with Gasteiger partial charge in [-0.1, -0.05) is 36.4 Å². The van der Waals surface area contributed by atoms with E-state index in [1.165, 1.54) is 0 Å². The lowest BCUT2D eigenvalue weighted by molar-refractivity contribution is 0.0526. The molecule has 0 saturated heterocycles. The lowest BCUT2D eigenvalue weighted by Crippen LogP contribution is -2.05. The van der Waals surface area contributed by atoms with Gasteiger partial charge >= 0.3 is 5.97 Å². The van der Waals surface area contributed by atoms with Crippen molar-refractivity contribution in [2.24, 2.45) is 0 Å². The first kappa shape index (κ1) is 16.8. The van der Waals surface area contributed by atoms with Crippen LogP contribution in [0, 0.1) is 0 Å². The van der Waals surface area contributed by atoms with Crippen LogP contribution in [0.4, 0.5) is 11.5 Å². The molecular formula is C21H18N4O2. The number of ether oxygens (including phenoxy) is 1. The van der Waals surface area contributed by atoms with Gasteiger partial charge in [-0.2, -0.15) is 0 Å². The number of anilines is 2. The molecule has 0 saturated carbocycles. The van der Waals surface area contributed by atoms with Crippen LogP contribution in [-0.2, 0) is 4.74 Å². The van der Waals surface area contributed by atoms with E-state index in [9.17, 15) is 4.79 Å². The highest BCUT2D eigenvalue weighted by Crippen LogP contribution is 2.31. The summed E-state index contributed by atoms with van der Waals surface area (Å²) < 4.78 is 7.03. The summed E-state index contributed by atoms with van der Waals surface area (Å²) in [6, 6.07) is 17.2. The van der Waals surface area contributed by atoms with Crippen LogP contribution in [0.25, 0.3) is 16.9 Å². The molecule has 0 bridgehead atoms. The zero-order valence-corrected chi connectivity index (χ0v) is 14.8. The summed E-state index contributed by atoms with van der Waals surface area (Å²) in [4.78, 5) is 20.9. The molecule has 0 amide bonds. The monoisotopic (exact) mass is 358 g/mol. The maximum Gasteiger partial charge on any atom is 0.338 e. The first-order valence-electron chi connectivity index (χ1n) is 8.68. The average molecular weight is 358 g/mol. The molecular weight excluding hydrogens is 340 g/mol. The summed E-state index contributed by atoms with van der Waals surface area (Å²) in [6.07, 6.45) is 5.28. The van der Waals surface area contributed by atoms with Crippen LogP contribution in [-0.4, -0.2) is 26.9 Å². The van der Waals surface area contributed by atoms with Crippen molar-refractivity contribution in [2.45, 2.75) is 6.92 Å². The second-order valence-electron chi connectivity index (χ2n) is 5.91. The number of nitrogens with zero attached hydrogens (tertiary/aromatic N) is 3. The Morgan fingerprint density at radius 2 is 2.00 bits per heavy atom. The molecule has 2 aromatic carbocycles. The van der Waals surface area contributed by atoms with E-state index < -0.39 is 0 Å². The van der Waals surface area contributed by atoms with Crippen molar-refractivity contribution in [3.63, 3.8) is 0 Å². The van der Waals surface area contributed by atoms with Gasteiger partial charge in [0.15, 0.2) is 5.65 Å². The summed E-state index contributed by atoms with van der Waals surface area (Å²) in [5, 5.41) is 3.40. The van der Waals surface area contributed by atoms with Gasteiger partial charge in [-0.3, -0.25) is 9.38 Å². The van der Waals surface area contributed by atoms with Crippen molar-refractivity contribution in [1.29, 1.82) is 0 Å². The van der Waals surface area contributed by atoms with E-state index in [4.69, 9.17) is 9.72 Å². The van der Waals surface area contributed by atoms with Crippen molar-refractivity contribution in [3.05, 3.63) is 78.8 Å². The molecule has 0 aliphatic rings. The van der Waals surface area contributed by atoms with Gasteiger partial charge in [-0.15, -0.1) is 0 Å². The topological polar surface area (TPSA) is 68.5 Å². The fourth-order valence-corrected chi connectivity index (χ4v) is 2.90. The van der Waals surface area contributed by atoms with E-state index in [0.717, 1.165) is 28.4 Å². The second-order valence-corrected chi connectivity index (χ2v) is 5.91. The van der Waals surface area contributed by atoms with Crippen molar-refractivity contribution in [3.8, 4) is 11.3 Å². The quantitative estimate of drug-likeness (QED) is 0.538. The maximum atomic E-state index is 12.0. The first-order chi connectivity index (χ1) is 13.3. The van der Waals surface area contributed by atoms with Crippen molar-refractivity contribution >= 4 is 23.1 Å². The SMILES string of the molecule is CCOC(=O)c1cccc(Nc2c(-c3ccccc3)nc3cnccn23)c1. The molecule has 4 aromatic rings. The van der Waals surface area contributed by atoms with Gasteiger partial charge in [-0.05, 0) is 25.1 Å². The molecule has 2 aromatic heterocycles. The Hall–Kier alpha value is -3.67. The molecule has 134 valence electrons. The average Bonchev–Trinajstić information content (AvgIpc) is 3.08. The lowest BCUT2D eigenvalue weighted by Gasteiger charge is -2.10. The van der Waals surface area contributed by atoms with Gasteiger partial charge in [0, 0.05) is 23.6 Å². The fraction of sp³-hybridized carbons (Fsp3) is 0.0952. The van der Waals surface area contributed by atoms with Crippen LogP contribution in [0.1, 0.15) is 17.3 Å². The number of hydrogen-bond donors (Lipinski definition) is 1. The Kier molecular flexibility index (Phi) is 4.53. The second kappa shape index (κ2) is 7.29. The molecule has 0 radical (unpaired) electrons. The molecule has 0 aliphatic carbocycles. The molecule has 0 unspecified atom stereocenters. The Morgan fingerprint density at radius 3 is 2.81 bits per heavy atom. The number of nitrogens with one attached hydrogen (secondary N) is 1. The van der Waals surface area contributed by atoms with E-state index >= 15 is 0 Å². The zero-order chi connectivity index (χ0) is 18.6.